The standard InChI is InChI=1S/C19H18FN3O3/c20-14-5-3-13(4-6-14)12-23(15-7-8-15)18(24)10-9-17-21-19(22-26-17)16-2-1-11-25-16/h1-6,11,15H,7-10,12H2. The molecule has 1 amide bonds. The number of carbonyl (C=O) groups is 1. The van der Waals surface area contributed by atoms with E-state index < -0.39 is 0 Å². The van der Waals surface area contributed by atoms with Crippen LogP contribution >= 0.6 is 0 Å². The molecule has 2 aromatic heterocycles. The molecule has 7 heteroatoms. The maximum absolute atomic E-state index is 13.1. The Morgan fingerprint density at radius 1 is 1.23 bits per heavy atom. The number of benzene rings is 1. The Labute approximate surface area is 149 Å². The van der Waals surface area contributed by atoms with Gasteiger partial charge in [0.2, 0.25) is 17.6 Å². The van der Waals surface area contributed by atoms with Gasteiger partial charge in [-0.05, 0) is 42.7 Å². The highest BCUT2D eigenvalue weighted by Crippen LogP contribution is 2.29. The highest BCUT2D eigenvalue weighted by Gasteiger charge is 2.32. The summed E-state index contributed by atoms with van der Waals surface area (Å²) in [6, 6.07) is 10.0. The first kappa shape index (κ1) is 16.5. The van der Waals surface area contributed by atoms with Crippen molar-refractivity contribution in [3.05, 3.63) is 59.9 Å². The lowest BCUT2D eigenvalue weighted by Gasteiger charge is -2.22. The Kier molecular flexibility index (Phi) is 4.51. The Bertz CT molecular complexity index is 870. The van der Waals surface area contributed by atoms with Crippen LogP contribution in [0, 0.1) is 5.82 Å². The molecule has 0 saturated heterocycles. The molecule has 6 nitrogen and oxygen atoms in total. The SMILES string of the molecule is O=C(CCc1nc(-c2ccco2)no1)N(Cc1ccc(F)cc1)C1CC1. The second-order valence-corrected chi connectivity index (χ2v) is 6.37. The van der Waals surface area contributed by atoms with E-state index in [0.29, 0.717) is 30.4 Å². The third-order valence-electron chi connectivity index (χ3n) is 4.34. The van der Waals surface area contributed by atoms with Crippen molar-refractivity contribution in [3.63, 3.8) is 0 Å². The average molecular weight is 355 g/mol. The molecule has 0 atom stereocenters. The Balaban J connectivity index is 1.37. The number of furan rings is 1. The molecule has 26 heavy (non-hydrogen) atoms. The third-order valence-corrected chi connectivity index (χ3v) is 4.34. The predicted octanol–water partition coefficient (Wildman–Crippen LogP) is 3.59. The number of aromatic nitrogens is 2. The quantitative estimate of drug-likeness (QED) is 0.648. The molecule has 0 radical (unpaired) electrons. The van der Waals surface area contributed by atoms with Crippen LogP contribution in [-0.4, -0.2) is 27.0 Å². The molecule has 1 aromatic carbocycles. The van der Waals surface area contributed by atoms with Crippen molar-refractivity contribution < 1.29 is 18.1 Å². The number of halogens is 1. The number of hydrogen-bond donors (Lipinski definition) is 0. The molecule has 1 aliphatic carbocycles. The number of aryl methyl sites for hydroxylation is 1. The number of carbonyl (C=O) groups excluding carboxylic acids is 1. The lowest BCUT2D eigenvalue weighted by Crippen LogP contribution is -2.32. The molecule has 3 aromatic rings. The average Bonchev–Trinajstić information content (AvgIpc) is 3.14. The fraction of sp³-hybridized carbons (Fsp3) is 0.316. The first-order valence-electron chi connectivity index (χ1n) is 8.59. The van der Waals surface area contributed by atoms with Crippen LogP contribution in [0.15, 0.2) is 51.6 Å². The van der Waals surface area contributed by atoms with Crippen LogP contribution in [0.3, 0.4) is 0 Å². The zero-order valence-electron chi connectivity index (χ0n) is 14.1. The van der Waals surface area contributed by atoms with E-state index in [4.69, 9.17) is 8.94 Å². The summed E-state index contributed by atoms with van der Waals surface area (Å²) in [6.45, 7) is 0.491. The van der Waals surface area contributed by atoms with E-state index in [1.54, 1.807) is 24.3 Å². The van der Waals surface area contributed by atoms with Gasteiger partial charge in [-0.1, -0.05) is 17.3 Å². The van der Waals surface area contributed by atoms with E-state index in [2.05, 4.69) is 10.1 Å². The Morgan fingerprint density at radius 2 is 2.04 bits per heavy atom. The lowest BCUT2D eigenvalue weighted by molar-refractivity contribution is -0.132. The normalized spacial score (nSPS) is 13.7. The van der Waals surface area contributed by atoms with Crippen LogP contribution in [0.4, 0.5) is 4.39 Å². The number of amides is 1. The molecule has 1 aliphatic rings. The summed E-state index contributed by atoms with van der Waals surface area (Å²) < 4.78 is 23.5. The molecule has 0 bridgehead atoms. The zero-order valence-corrected chi connectivity index (χ0v) is 14.1. The molecule has 0 aliphatic heterocycles. The minimum atomic E-state index is -0.276. The second kappa shape index (κ2) is 7.11. The summed E-state index contributed by atoms with van der Waals surface area (Å²) in [5, 5.41) is 3.86. The minimum absolute atomic E-state index is 0.0366. The van der Waals surface area contributed by atoms with E-state index in [1.165, 1.54) is 18.4 Å². The highest BCUT2D eigenvalue weighted by atomic mass is 19.1. The summed E-state index contributed by atoms with van der Waals surface area (Å²) >= 11 is 0. The zero-order chi connectivity index (χ0) is 17.9. The van der Waals surface area contributed by atoms with Crippen LogP contribution in [-0.2, 0) is 17.8 Å². The molecule has 0 spiro atoms. The second-order valence-electron chi connectivity index (χ2n) is 6.37. The summed E-state index contributed by atoms with van der Waals surface area (Å²) in [4.78, 5) is 18.8. The van der Waals surface area contributed by atoms with Gasteiger partial charge < -0.3 is 13.8 Å². The van der Waals surface area contributed by atoms with Crippen molar-refractivity contribution in [3.8, 4) is 11.6 Å². The van der Waals surface area contributed by atoms with Gasteiger partial charge in [0.05, 0.1) is 6.26 Å². The maximum Gasteiger partial charge on any atom is 0.238 e. The summed E-state index contributed by atoms with van der Waals surface area (Å²) in [5.74, 6) is 1.07. The van der Waals surface area contributed by atoms with E-state index in [0.717, 1.165) is 18.4 Å². The first-order valence-corrected chi connectivity index (χ1v) is 8.59. The summed E-state index contributed by atoms with van der Waals surface area (Å²) in [5.41, 5.74) is 0.921. The molecular formula is C19H18FN3O3. The molecule has 134 valence electrons. The van der Waals surface area contributed by atoms with Gasteiger partial charge in [0.25, 0.3) is 0 Å². The predicted molar refractivity (Wildman–Crippen MR) is 90.3 cm³/mol. The molecular weight excluding hydrogens is 337 g/mol. The topological polar surface area (TPSA) is 72.4 Å². The summed E-state index contributed by atoms with van der Waals surface area (Å²) in [7, 11) is 0. The molecule has 1 saturated carbocycles. The van der Waals surface area contributed by atoms with Crippen molar-refractivity contribution in [1.82, 2.24) is 15.0 Å². The van der Waals surface area contributed by atoms with Gasteiger partial charge in [-0.25, -0.2) is 4.39 Å². The van der Waals surface area contributed by atoms with E-state index in [9.17, 15) is 9.18 Å². The van der Waals surface area contributed by atoms with Crippen molar-refractivity contribution in [2.24, 2.45) is 0 Å². The van der Waals surface area contributed by atoms with Gasteiger partial charge in [0.15, 0.2) is 5.76 Å². The maximum atomic E-state index is 13.1. The van der Waals surface area contributed by atoms with Crippen LogP contribution in [0.2, 0.25) is 0 Å². The molecule has 1 fully saturated rings. The van der Waals surface area contributed by atoms with Gasteiger partial charge in [-0.2, -0.15) is 4.98 Å². The van der Waals surface area contributed by atoms with Crippen molar-refractivity contribution in [2.75, 3.05) is 0 Å². The van der Waals surface area contributed by atoms with Crippen LogP contribution < -0.4 is 0 Å². The van der Waals surface area contributed by atoms with Gasteiger partial charge in [0, 0.05) is 25.4 Å². The van der Waals surface area contributed by atoms with Crippen LogP contribution in [0.1, 0.15) is 30.7 Å². The smallest absolute Gasteiger partial charge is 0.238 e. The minimum Gasteiger partial charge on any atom is -0.461 e. The monoisotopic (exact) mass is 355 g/mol. The van der Waals surface area contributed by atoms with Gasteiger partial charge in [-0.3, -0.25) is 4.79 Å². The van der Waals surface area contributed by atoms with Crippen molar-refractivity contribution in [1.29, 1.82) is 0 Å². The van der Waals surface area contributed by atoms with E-state index >= 15 is 0 Å². The van der Waals surface area contributed by atoms with Gasteiger partial charge in [0.1, 0.15) is 5.82 Å². The van der Waals surface area contributed by atoms with Gasteiger partial charge >= 0.3 is 0 Å². The molecule has 4 rings (SSSR count). The lowest BCUT2D eigenvalue weighted by atomic mass is 10.2. The van der Waals surface area contributed by atoms with Crippen LogP contribution in [0.5, 0.6) is 0 Å². The third kappa shape index (κ3) is 3.82. The number of nitrogens with zero attached hydrogens (tertiary/aromatic N) is 3. The number of rotatable bonds is 7. The summed E-state index contributed by atoms with van der Waals surface area (Å²) in [6.07, 6.45) is 4.22. The Hall–Kier alpha value is -2.96. The van der Waals surface area contributed by atoms with Crippen molar-refractivity contribution in [2.45, 2.75) is 38.3 Å². The fourth-order valence-corrected chi connectivity index (χ4v) is 2.81. The Morgan fingerprint density at radius 3 is 2.73 bits per heavy atom. The molecule has 0 unspecified atom stereocenters. The fourth-order valence-electron chi connectivity index (χ4n) is 2.81. The molecule has 0 N–H and O–H groups in total. The van der Waals surface area contributed by atoms with Crippen molar-refractivity contribution >= 4 is 5.91 Å². The van der Waals surface area contributed by atoms with Crippen LogP contribution in [0.25, 0.3) is 11.6 Å². The van der Waals surface area contributed by atoms with Gasteiger partial charge in [-0.15, -0.1) is 0 Å². The molecule has 2 heterocycles. The highest BCUT2D eigenvalue weighted by molar-refractivity contribution is 5.77. The van der Waals surface area contributed by atoms with E-state index in [1.807, 2.05) is 4.90 Å². The first-order chi connectivity index (χ1) is 12.7. The van der Waals surface area contributed by atoms with E-state index in [-0.39, 0.29) is 24.2 Å². The number of hydrogen-bond acceptors (Lipinski definition) is 5. The largest absolute Gasteiger partial charge is 0.461 e.